The number of carbonyl (C=O) groups is 1. The fourth-order valence-electron chi connectivity index (χ4n) is 4.31. The number of benzene rings is 3. The van der Waals surface area contributed by atoms with Crippen LogP contribution in [0.25, 0.3) is 0 Å². The molecule has 1 atom stereocenters. The standard InChI is InChI=1S/C26H22ClN3O2/c1-32-21-9-5-6-18(16-21)25-22-23(17-10-12-19(27)13-11-17)28-14-15-29-24(22)26(31)30(25)20-7-3-2-4-8-20/h2-13,16,25,29H,14-15H2,1H3/t25-/m1/s1. The molecule has 2 heterocycles. The van der Waals surface area contributed by atoms with Gasteiger partial charge in [0.1, 0.15) is 11.4 Å². The van der Waals surface area contributed by atoms with E-state index in [2.05, 4.69) is 5.32 Å². The van der Waals surface area contributed by atoms with Crippen LogP contribution >= 0.6 is 11.6 Å². The fraction of sp³-hybridized carbons (Fsp3) is 0.154. The molecule has 0 bridgehead atoms. The molecule has 3 aromatic rings. The number of rotatable bonds is 4. The second-order valence-electron chi connectivity index (χ2n) is 7.64. The predicted octanol–water partition coefficient (Wildman–Crippen LogP) is 4.78. The second-order valence-corrected chi connectivity index (χ2v) is 8.08. The highest BCUT2D eigenvalue weighted by Gasteiger charge is 2.44. The van der Waals surface area contributed by atoms with E-state index in [9.17, 15) is 4.79 Å². The van der Waals surface area contributed by atoms with E-state index < -0.39 is 0 Å². The molecule has 0 spiro atoms. The zero-order chi connectivity index (χ0) is 22.1. The van der Waals surface area contributed by atoms with E-state index in [4.69, 9.17) is 21.3 Å². The van der Waals surface area contributed by atoms with Gasteiger partial charge in [-0.15, -0.1) is 0 Å². The van der Waals surface area contributed by atoms with Crippen LogP contribution in [-0.2, 0) is 4.79 Å². The van der Waals surface area contributed by atoms with Crippen LogP contribution in [0.5, 0.6) is 5.75 Å². The van der Waals surface area contributed by atoms with Gasteiger partial charge in [-0.1, -0.05) is 54.1 Å². The van der Waals surface area contributed by atoms with Gasteiger partial charge in [-0.2, -0.15) is 0 Å². The van der Waals surface area contributed by atoms with Gasteiger partial charge in [0.25, 0.3) is 5.91 Å². The first-order valence-corrected chi connectivity index (χ1v) is 10.9. The van der Waals surface area contributed by atoms with Crippen LogP contribution in [0.1, 0.15) is 17.2 Å². The minimum atomic E-state index is -0.352. The number of para-hydroxylation sites is 1. The Bertz CT molecular complexity index is 1220. The highest BCUT2D eigenvalue weighted by atomic mass is 35.5. The monoisotopic (exact) mass is 443 g/mol. The van der Waals surface area contributed by atoms with Gasteiger partial charge in [0.05, 0.1) is 25.4 Å². The molecule has 0 aliphatic carbocycles. The zero-order valence-electron chi connectivity index (χ0n) is 17.6. The summed E-state index contributed by atoms with van der Waals surface area (Å²) in [4.78, 5) is 20.5. The summed E-state index contributed by atoms with van der Waals surface area (Å²) in [6, 6.07) is 24.9. The number of nitrogens with zero attached hydrogens (tertiary/aromatic N) is 2. The first-order chi connectivity index (χ1) is 15.7. The minimum Gasteiger partial charge on any atom is -0.497 e. The van der Waals surface area contributed by atoms with Crippen LogP contribution in [0.2, 0.25) is 5.02 Å². The summed E-state index contributed by atoms with van der Waals surface area (Å²) in [6.45, 7) is 1.17. The predicted molar refractivity (Wildman–Crippen MR) is 128 cm³/mol. The molecular formula is C26H22ClN3O2. The third-order valence-corrected chi connectivity index (χ3v) is 5.99. The number of ether oxygens (including phenoxy) is 1. The van der Waals surface area contributed by atoms with E-state index in [1.807, 2.05) is 83.8 Å². The third kappa shape index (κ3) is 3.55. The Labute approximate surface area is 192 Å². The number of amides is 1. The van der Waals surface area contributed by atoms with Gasteiger partial charge in [0, 0.05) is 28.4 Å². The highest BCUT2D eigenvalue weighted by molar-refractivity contribution is 6.31. The average molecular weight is 444 g/mol. The molecule has 32 heavy (non-hydrogen) atoms. The lowest BCUT2D eigenvalue weighted by Crippen LogP contribution is -2.33. The lowest BCUT2D eigenvalue weighted by atomic mass is 9.91. The number of methoxy groups -OCH3 is 1. The van der Waals surface area contributed by atoms with Crippen LogP contribution < -0.4 is 15.0 Å². The normalized spacial score (nSPS) is 18.1. The molecule has 0 radical (unpaired) electrons. The summed E-state index contributed by atoms with van der Waals surface area (Å²) in [7, 11) is 1.65. The van der Waals surface area contributed by atoms with Crippen molar-refractivity contribution in [1.82, 2.24) is 5.32 Å². The van der Waals surface area contributed by atoms with Gasteiger partial charge in [0.2, 0.25) is 0 Å². The minimum absolute atomic E-state index is 0.0671. The first kappa shape index (κ1) is 20.3. The molecule has 0 fully saturated rings. The number of aliphatic imine (C=N–C) groups is 1. The summed E-state index contributed by atoms with van der Waals surface area (Å²) >= 11 is 6.14. The number of hydrogen-bond donors (Lipinski definition) is 1. The maximum absolute atomic E-state index is 13.8. The van der Waals surface area contributed by atoms with Crippen molar-refractivity contribution < 1.29 is 9.53 Å². The Morgan fingerprint density at radius 1 is 1.03 bits per heavy atom. The van der Waals surface area contributed by atoms with Crippen LogP contribution in [0.3, 0.4) is 0 Å². The van der Waals surface area contributed by atoms with Crippen LogP contribution in [0.15, 0.2) is 95.1 Å². The smallest absolute Gasteiger partial charge is 0.275 e. The molecule has 5 nitrogen and oxygen atoms in total. The third-order valence-electron chi connectivity index (χ3n) is 5.73. The SMILES string of the molecule is COc1cccc([C@@H]2C3=C(NCCN=C3c3ccc(Cl)cc3)C(=O)N2c2ccccc2)c1. The Balaban J connectivity index is 1.73. The summed E-state index contributed by atoms with van der Waals surface area (Å²) in [5.74, 6) is 0.672. The van der Waals surface area contributed by atoms with Crippen molar-refractivity contribution in [2.24, 2.45) is 4.99 Å². The molecule has 2 aliphatic rings. The summed E-state index contributed by atoms with van der Waals surface area (Å²) in [5, 5.41) is 4.01. The number of hydrogen-bond acceptors (Lipinski definition) is 4. The van der Waals surface area contributed by atoms with E-state index >= 15 is 0 Å². The van der Waals surface area contributed by atoms with E-state index in [0.717, 1.165) is 33.8 Å². The van der Waals surface area contributed by atoms with E-state index in [1.165, 1.54) is 0 Å². The largest absolute Gasteiger partial charge is 0.497 e. The number of anilines is 1. The lowest BCUT2D eigenvalue weighted by molar-refractivity contribution is -0.115. The van der Waals surface area contributed by atoms with Crippen molar-refractivity contribution in [2.45, 2.75) is 6.04 Å². The van der Waals surface area contributed by atoms with Crippen LogP contribution in [0, 0.1) is 0 Å². The molecule has 1 amide bonds. The van der Waals surface area contributed by atoms with Gasteiger partial charge in [-0.25, -0.2) is 0 Å². The van der Waals surface area contributed by atoms with Crippen molar-refractivity contribution in [2.75, 3.05) is 25.1 Å². The lowest BCUT2D eigenvalue weighted by Gasteiger charge is -2.28. The average Bonchev–Trinajstić information content (AvgIpc) is 2.97. The number of halogens is 1. The summed E-state index contributed by atoms with van der Waals surface area (Å²) in [6.07, 6.45) is 0. The molecule has 5 rings (SSSR count). The van der Waals surface area contributed by atoms with E-state index in [0.29, 0.717) is 23.8 Å². The Kier molecular flexibility index (Phi) is 5.41. The zero-order valence-corrected chi connectivity index (χ0v) is 18.3. The molecule has 0 saturated heterocycles. The van der Waals surface area contributed by atoms with Crippen LogP contribution in [-0.4, -0.2) is 31.8 Å². The van der Waals surface area contributed by atoms with Crippen LogP contribution in [0.4, 0.5) is 5.69 Å². The number of nitrogens with one attached hydrogen (secondary N) is 1. The molecule has 0 saturated carbocycles. The quantitative estimate of drug-likeness (QED) is 0.631. The Morgan fingerprint density at radius 2 is 1.81 bits per heavy atom. The molecule has 3 aromatic carbocycles. The first-order valence-electron chi connectivity index (χ1n) is 10.5. The van der Waals surface area contributed by atoms with Gasteiger partial charge >= 0.3 is 0 Å². The topological polar surface area (TPSA) is 53.9 Å². The van der Waals surface area contributed by atoms with Gasteiger partial charge in [0.15, 0.2) is 0 Å². The van der Waals surface area contributed by atoms with Crippen molar-refractivity contribution in [3.8, 4) is 5.75 Å². The molecule has 160 valence electrons. The van der Waals surface area contributed by atoms with Gasteiger partial charge < -0.3 is 10.1 Å². The fourth-order valence-corrected chi connectivity index (χ4v) is 4.43. The van der Waals surface area contributed by atoms with Crippen molar-refractivity contribution in [3.63, 3.8) is 0 Å². The van der Waals surface area contributed by atoms with E-state index in [-0.39, 0.29) is 11.9 Å². The molecule has 0 aromatic heterocycles. The molecule has 6 heteroatoms. The second kappa shape index (κ2) is 8.52. The maximum atomic E-state index is 13.8. The summed E-state index contributed by atoms with van der Waals surface area (Å²) in [5.41, 5.74) is 4.98. The maximum Gasteiger partial charge on any atom is 0.275 e. The van der Waals surface area contributed by atoms with Gasteiger partial charge in [-0.3, -0.25) is 14.7 Å². The number of carbonyl (C=O) groups excluding carboxylic acids is 1. The Morgan fingerprint density at radius 3 is 2.56 bits per heavy atom. The molecular weight excluding hydrogens is 422 g/mol. The van der Waals surface area contributed by atoms with Gasteiger partial charge in [-0.05, 0) is 42.0 Å². The molecule has 1 N–H and O–H groups in total. The molecule has 2 aliphatic heterocycles. The van der Waals surface area contributed by atoms with Crippen molar-refractivity contribution in [1.29, 1.82) is 0 Å². The van der Waals surface area contributed by atoms with Crippen molar-refractivity contribution in [3.05, 3.63) is 106 Å². The molecule has 0 unspecified atom stereocenters. The van der Waals surface area contributed by atoms with E-state index in [1.54, 1.807) is 7.11 Å². The highest BCUT2D eigenvalue weighted by Crippen LogP contribution is 2.43. The van der Waals surface area contributed by atoms with Crippen molar-refractivity contribution >= 4 is 28.9 Å². The summed E-state index contributed by atoms with van der Waals surface area (Å²) < 4.78 is 5.49. The Hall–Kier alpha value is -3.57.